The number of fused-ring (bicyclic) bond motifs is 2. The molecule has 2 atom stereocenters. The van der Waals surface area contributed by atoms with Gasteiger partial charge >= 0.3 is 0 Å². The molecule has 2 amide bonds. The van der Waals surface area contributed by atoms with Gasteiger partial charge in [-0.3, -0.25) is 14.4 Å². The number of hydrogen-bond acceptors (Lipinski definition) is 5. The van der Waals surface area contributed by atoms with Crippen molar-refractivity contribution in [2.75, 3.05) is 13.7 Å². The van der Waals surface area contributed by atoms with E-state index in [1.54, 1.807) is 4.90 Å². The van der Waals surface area contributed by atoms with Gasteiger partial charge in [-0.05, 0) is 19.4 Å². The largest absolute Gasteiger partial charge is 0.400 e. The number of carbonyl (C=O) groups excluding carboxylic acids is 2. The van der Waals surface area contributed by atoms with Crippen LogP contribution in [0.2, 0.25) is 0 Å². The van der Waals surface area contributed by atoms with Crippen molar-refractivity contribution < 1.29 is 28.2 Å². The second kappa shape index (κ2) is 9.36. The molecule has 1 saturated heterocycles. The van der Waals surface area contributed by atoms with E-state index < -0.39 is 29.2 Å². The van der Waals surface area contributed by atoms with E-state index in [-0.39, 0.29) is 35.3 Å². The summed E-state index contributed by atoms with van der Waals surface area (Å²) >= 11 is 0. The number of aromatic nitrogens is 1. The summed E-state index contributed by atoms with van der Waals surface area (Å²) in [5.74, 6) is -2.53. The molecule has 0 aliphatic carbocycles. The maximum Gasteiger partial charge on any atom is 0.272 e. The van der Waals surface area contributed by atoms with Crippen molar-refractivity contribution in [3.8, 4) is 0 Å². The van der Waals surface area contributed by atoms with E-state index >= 15 is 0 Å². The van der Waals surface area contributed by atoms with E-state index in [1.807, 2.05) is 6.92 Å². The van der Waals surface area contributed by atoms with E-state index in [0.717, 1.165) is 25.3 Å². The van der Waals surface area contributed by atoms with Crippen LogP contribution < -0.4 is 10.7 Å². The Hall–Kier alpha value is -3.11. The first kappa shape index (κ1) is 22.6. The maximum absolute atomic E-state index is 13.7. The van der Waals surface area contributed by atoms with Crippen LogP contribution in [-0.2, 0) is 17.8 Å². The molecule has 0 spiro atoms. The lowest BCUT2D eigenvalue weighted by molar-refractivity contribution is -0.112. The smallest absolute Gasteiger partial charge is 0.272 e. The number of carbonyl (C=O) groups is 2. The number of halogens is 2. The molecule has 2 aromatic rings. The van der Waals surface area contributed by atoms with Crippen molar-refractivity contribution in [1.29, 1.82) is 0 Å². The average Bonchev–Trinajstić information content (AvgIpc) is 2.74. The van der Waals surface area contributed by atoms with Crippen molar-refractivity contribution in [2.45, 2.75) is 38.7 Å². The van der Waals surface area contributed by atoms with Crippen molar-refractivity contribution in [1.82, 2.24) is 14.8 Å². The minimum absolute atomic E-state index is 0.00122. The lowest BCUT2D eigenvalue weighted by atomic mass is 10.1. The lowest BCUT2D eigenvalue weighted by Crippen LogP contribution is -2.57. The van der Waals surface area contributed by atoms with Gasteiger partial charge in [-0.25, -0.2) is 8.78 Å². The lowest BCUT2D eigenvalue weighted by Gasteiger charge is -2.44. The SMILES string of the molecule is CC1CCOC2Cn3cc(C(=O)NCc4ccc(F)cc4F)c(=O)cc3C(=O)N12.CO. The van der Waals surface area contributed by atoms with E-state index in [9.17, 15) is 23.2 Å². The standard InChI is InChI=1S/C20H19F2N3O4.CH4O/c1-11-4-5-29-18-10-24-9-14(17(26)7-16(24)20(28)25(11)18)19(27)23-8-12-2-3-13(21)6-15(12)22;1-2/h2-3,6-7,9,11,18H,4-5,8,10H2,1H3,(H,23,27);2H,1H3. The summed E-state index contributed by atoms with van der Waals surface area (Å²) in [6.07, 6.45) is 1.59. The van der Waals surface area contributed by atoms with E-state index in [4.69, 9.17) is 9.84 Å². The molecule has 4 rings (SSSR count). The van der Waals surface area contributed by atoms with Crippen LogP contribution >= 0.6 is 0 Å². The third-order valence-corrected chi connectivity index (χ3v) is 5.26. The van der Waals surface area contributed by atoms with Crippen LogP contribution in [0.3, 0.4) is 0 Å². The molecule has 166 valence electrons. The number of amides is 2. The van der Waals surface area contributed by atoms with Crippen molar-refractivity contribution in [2.24, 2.45) is 0 Å². The molecule has 1 aromatic carbocycles. The van der Waals surface area contributed by atoms with Crippen LogP contribution in [0.5, 0.6) is 0 Å². The van der Waals surface area contributed by atoms with Crippen LogP contribution in [0.15, 0.2) is 35.3 Å². The maximum atomic E-state index is 13.7. The monoisotopic (exact) mass is 435 g/mol. The molecule has 0 bridgehead atoms. The quantitative estimate of drug-likeness (QED) is 0.756. The van der Waals surface area contributed by atoms with Crippen molar-refractivity contribution in [3.63, 3.8) is 0 Å². The van der Waals surface area contributed by atoms with Crippen molar-refractivity contribution >= 4 is 11.8 Å². The van der Waals surface area contributed by atoms with Gasteiger partial charge in [0.25, 0.3) is 11.8 Å². The van der Waals surface area contributed by atoms with Crippen LogP contribution in [0, 0.1) is 11.6 Å². The zero-order chi connectivity index (χ0) is 22.7. The van der Waals surface area contributed by atoms with Gasteiger partial charge < -0.3 is 24.6 Å². The summed E-state index contributed by atoms with van der Waals surface area (Å²) in [5.41, 5.74) is -0.481. The molecule has 8 nitrogen and oxygen atoms in total. The molecular formula is C21H23F2N3O5. The Balaban J connectivity index is 0.00000132. The zero-order valence-corrected chi connectivity index (χ0v) is 17.1. The van der Waals surface area contributed by atoms with Gasteiger partial charge in [0.2, 0.25) is 0 Å². The molecule has 3 heterocycles. The highest BCUT2D eigenvalue weighted by Crippen LogP contribution is 2.25. The van der Waals surface area contributed by atoms with Crippen LogP contribution in [-0.4, -0.2) is 52.4 Å². The Morgan fingerprint density at radius 2 is 2.00 bits per heavy atom. The Morgan fingerprint density at radius 1 is 1.26 bits per heavy atom. The minimum Gasteiger partial charge on any atom is -0.400 e. The average molecular weight is 435 g/mol. The van der Waals surface area contributed by atoms with E-state index in [1.165, 1.54) is 16.8 Å². The van der Waals surface area contributed by atoms with E-state index in [0.29, 0.717) is 19.6 Å². The number of pyridine rings is 1. The summed E-state index contributed by atoms with van der Waals surface area (Å²) in [4.78, 5) is 39.3. The molecular weight excluding hydrogens is 412 g/mol. The second-order valence-electron chi connectivity index (χ2n) is 7.18. The van der Waals surface area contributed by atoms with Gasteiger partial charge in [-0.15, -0.1) is 0 Å². The highest BCUT2D eigenvalue weighted by atomic mass is 19.1. The number of benzene rings is 1. The number of aliphatic hydroxyl groups excluding tert-OH is 1. The summed E-state index contributed by atoms with van der Waals surface area (Å²) in [6.45, 7) is 2.56. The van der Waals surface area contributed by atoms with Gasteiger partial charge in [0.05, 0.1) is 13.2 Å². The Labute approximate surface area is 177 Å². The third kappa shape index (κ3) is 4.49. The fourth-order valence-electron chi connectivity index (χ4n) is 3.67. The molecule has 1 aromatic heterocycles. The molecule has 31 heavy (non-hydrogen) atoms. The van der Waals surface area contributed by atoms with E-state index in [2.05, 4.69) is 5.32 Å². The highest BCUT2D eigenvalue weighted by molar-refractivity contribution is 5.97. The fourth-order valence-corrected chi connectivity index (χ4v) is 3.67. The number of nitrogens with one attached hydrogen (secondary N) is 1. The normalized spacial score (nSPS) is 19.6. The molecule has 10 heteroatoms. The molecule has 2 aliphatic rings. The summed E-state index contributed by atoms with van der Waals surface area (Å²) < 4.78 is 33.9. The minimum atomic E-state index is -0.790. The van der Waals surface area contributed by atoms with Gasteiger partial charge in [0, 0.05) is 43.6 Å². The van der Waals surface area contributed by atoms with Crippen LogP contribution in [0.25, 0.3) is 0 Å². The first-order valence-electron chi connectivity index (χ1n) is 9.70. The first-order valence-corrected chi connectivity index (χ1v) is 9.70. The number of ether oxygens (including phenoxy) is 1. The fraction of sp³-hybridized carbons (Fsp3) is 0.381. The predicted octanol–water partition coefficient (Wildman–Crippen LogP) is 1.26. The predicted molar refractivity (Wildman–Crippen MR) is 106 cm³/mol. The third-order valence-electron chi connectivity index (χ3n) is 5.26. The molecule has 2 unspecified atom stereocenters. The Kier molecular flexibility index (Phi) is 6.81. The van der Waals surface area contributed by atoms with Gasteiger partial charge in [0.15, 0.2) is 11.7 Å². The molecule has 0 radical (unpaired) electrons. The first-order chi connectivity index (χ1) is 14.8. The summed E-state index contributed by atoms with van der Waals surface area (Å²) in [5, 5.41) is 9.46. The van der Waals surface area contributed by atoms with Gasteiger partial charge in [-0.2, -0.15) is 0 Å². The molecule has 2 aliphatic heterocycles. The zero-order valence-electron chi connectivity index (χ0n) is 17.1. The summed E-state index contributed by atoms with van der Waals surface area (Å²) in [6, 6.07) is 4.17. The Morgan fingerprint density at radius 3 is 2.71 bits per heavy atom. The van der Waals surface area contributed by atoms with Crippen LogP contribution in [0.4, 0.5) is 8.78 Å². The van der Waals surface area contributed by atoms with Gasteiger partial charge in [-0.1, -0.05) is 6.07 Å². The van der Waals surface area contributed by atoms with Crippen molar-refractivity contribution in [3.05, 3.63) is 69.1 Å². The highest BCUT2D eigenvalue weighted by Gasteiger charge is 2.38. The van der Waals surface area contributed by atoms with Crippen LogP contribution in [0.1, 0.15) is 39.8 Å². The second-order valence-corrected chi connectivity index (χ2v) is 7.18. The number of rotatable bonds is 3. The topological polar surface area (TPSA) is 101 Å². The molecule has 2 N–H and O–H groups in total. The molecule has 0 saturated carbocycles. The molecule has 1 fully saturated rings. The van der Waals surface area contributed by atoms with Gasteiger partial charge in [0.1, 0.15) is 22.9 Å². The summed E-state index contributed by atoms with van der Waals surface area (Å²) in [7, 11) is 1.00. The Bertz CT molecular complexity index is 1060. The number of nitrogens with zero attached hydrogens (tertiary/aromatic N) is 2. The number of aliphatic hydroxyl groups is 1. The number of hydrogen-bond donors (Lipinski definition) is 2.